The van der Waals surface area contributed by atoms with Crippen LogP contribution in [0.1, 0.15) is 38.7 Å². The Kier molecular flexibility index (Phi) is 6.92. The highest BCUT2D eigenvalue weighted by atomic mass is 32.2. The van der Waals surface area contributed by atoms with Crippen LogP contribution >= 0.6 is 11.8 Å². The van der Waals surface area contributed by atoms with E-state index in [-0.39, 0.29) is 11.9 Å². The van der Waals surface area contributed by atoms with Crippen LogP contribution in [0, 0.1) is 6.92 Å². The topological polar surface area (TPSA) is 73.0 Å². The molecule has 148 valence electrons. The lowest BCUT2D eigenvalue weighted by atomic mass is 10.2. The van der Waals surface area contributed by atoms with Crippen molar-refractivity contribution in [3.63, 3.8) is 0 Å². The summed E-state index contributed by atoms with van der Waals surface area (Å²) in [6, 6.07) is 12.2. The number of hydrogen-bond acceptors (Lipinski definition) is 5. The van der Waals surface area contributed by atoms with Gasteiger partial charge in [-0.3, -0.25) is 9.36 Å². The lowest BCUT2D eigenvalue weighted by Crippen LogP contribution is -2.29. The number of amides is 1. The van der Waals surface area contributed by atoms with Gasteiger partial charge < -0.3 is 9.73 Å². The summed E-state index contributed by atoms with van der Waals surface area (Å²) in [6.45, 7) is 6.01. The number of hydrogen-bond donors (Lipinski definition) is 1. The van der Waals surface area contributed by atoms with Crippen molar-refractivity contribution in [2.75, 3.05) is 5.75 Å². The summed E-state index contributed by atoms with van der Waals surface area (Å²) in [5, 5.41) is 12.5. The Hall–Kier alpha value is -2.54. The molecule has 0 aliphatic heterocycles. The predicted octanol–water partition coefficient (Wildman–Crippen LogP) is 4.62. The Morgan fingerprint density at radius 2 is 2.07 bits per heavy atom. The molecule has 3 aromatic rings. The number of carbonyl (C=O) groups excluding carboxylic acids is 1. The van der Waals surface area contributed by atoms with E-state index in [0.29, 0.717) is 18.0 Å². The molecule has 0 saturated carbocycles. The van der Waals surface area contributed by atoms with E-state index in [1.54, 1.807) is 18.0 Å². The normalized spacial score (nSPS) is 11.1. The highest BCUT2D eigenvalue weighted by molar-refractivity contribution is 7.99. The van der Waals surface area contributed by atoms with Gasteiger partial charge in [-0.25, -0.2) is 0 Å². The van der Waals surface area contributed by atoms with Crippen LogP contribution in [0.2, 0.25) is 0 Å². The molecule has 0 spiro atoms. The van der Waals surface area contributed by atoms with Crippen LogP contribution in [0.4, 0.5) is 0 Å². The van der Waals surface area contributed by atoms with Gasteiger partial charge in [-0.15, -0.1) is 10.2 Å². The molecule has 3 rings (SSSR count). The second-order valence-electron chi connectivity index (χ2n) is 6.99. The number of carbonyl (C=O) groups is 1. The largest absolute Gasteiger partial charge is 0.461 e. The molecule has 1 N–H and O–H groups in total. The van der Waals surface area contributed by atoms with E-state index in [1.807, 2.05) is 42.7 Å². The fraction of sp³-hybridized carbons (Fsp3) is 0.381. The number of rotatable bonds is 9. The molecular weight excluding hydrogens is 372 g/mol. The van der Waals surface area contributed by atoms with Gasteiger partial charge >= 0.3 is 0 Å². The minimum atomic E-state index is 0.114. The van der Waals surface area contributed by atoms with E-state index in [9.17, 15) is 4.79 Å². The summed E-state index contributed by atoms with van der Waals surface area (Å²) < 4.78 is 7.58. The smallest absolute Gasteiger partial charge is 0.220 e. The van der Waals surface area contributed by atoms with Gasteiger partial charge in [0.15, 0.2) is 10.9 Å². The molecule has 0 fully saturated rings. The Morgan fingerprint density at radius 1 is 1.21 bits per heavy atom. The zero-order valence-corrected chi connectivity index (χ0v) is 17.3. The molecule has 28 heavy (non-hydrogen) atoms. The Morgan fingerprint density at radius 3 is 2.79 bits per heavy atom. The SMILES string of the molecule is Cc1cccc(-n2c(SCCCCC(=O)NC(C)C)nnc2-c2ccco2)c1. The van der Waals surface area contributed by atoms with Crippen molar-refractivity contribution in [2.24, 2.45) is 0 Å². The number of thioether (sulfide) groups is 1. The van der Waals surface area contributed by atoms with Crippen LogP contribution in [0.3, 0.4) is 0 Å². The average molecular weight is 399 g/mol. The van der Waals surface area contributed by atoms with Crippen LogP contribution < -0.4 is 5.32 Å². The highest BCUT2D eigenvalue weighted by Crippen LogP contribution is 2.29. The number of benzene rings is 1. The summed E-state index contributed by atoms with van der Waals surface area (Å²) in [5.41, 5.74) is 2.18. The van der Waals surface area contributed by atoms with Gasteiger partial charge in [0.1, 0.15) is 0 Å². The zero-order valence-electron chi connectivity index (χ0n) is 16.5. The molecule has 6 nitrogen and oxygen atoms in total. The van der Waals surface area contributed by atoms with Crippen molar-refractivity contribution in [2.45, 2.75) is 51.2 Å². The van der Waals surface area contributed by atoms with Gasteiger partial charge in [0.25, 0.3) is 0 Å². The molecule has 0 unspecified atom stereocenters. The van der Waals surface area contributed by atoms with Gasteiger partial charge in [0.2, 0.25) is 11.7 Å². The fourth-order valence-corrected chi connectivity index (χ4v) is 3.82. The summed E-state index contributed by atoms with van der Waals surface area (Å²) in [4.78, 5) is 11.7. The Bertz CT molecular complexity index is 903. The van der Waals surface area contributed by atoms with E-state index >= 15 is 0 Å². The first-order chi connectivity index (χ1) is 13.5. The van der Waals surface area contributed by atoms with E-state index in [1.165, 1.54) is 5.56 Å². The first kappa shape index (κ1) is 20.2. The lowest BCUT2D eigenvalue weighted by Gasteiger charge is -2.10. The molecule has 1 amide bonds. The van der Waals surface area contributed by atoms with Crippen molar-refractivity contribution in [3.8, 4) is 17.3 Å². The van der Waals surface area contributed by atoms with Gasteiger partial charge in [0, 0.05) is 18.2 Å². The fourth-order valence-electron chi connectivity index (χ4n) is 2.87. The van der Waals surface area contributed by atoms with Crippen molar-refractivity contribution in [1.29, 1.82) is 0 Å². The van der Waals surface area contributed by atoms with Crippen LogP contribution in [-0.2, 0) is 4.79 Å². The molecule has 7 heteroatoms. The predicted molar refractivity (Wildman–Crippen MR) is 112 cm³/mol. The standard InChI is InChI=1S/C21H26N4O2S/c1-15(2)22-19(26)11-4-5-13-28-21-24-23-20(18-10-7-12-27-18)25(21)17-9-6-8-16(3)14-17/h6-10,12,14-15H,4-5,11,13H2,1-3H3,(H,22,26). The van der Waals surface area contributed by atoms with Gasteiger partial charge in [-0.2, -0.15) is 0 Å². The molecule has 2 aromatic heterocycles. The molecule has 0 saturated heterocycles. The van der Waals surface area contributed by atoms with Crippen molar-refractivity contribution in [3.05, 3.63) is 48.2 Å². The highest BCUT2D eigenvalue weighted by Gasteiger charge is 2.18. The third-order valence-electron chi connectivity index (χ3n) is 4.11. The van der Waals surface area contributed by atoms with Crippen molar-refractivity contribution in [1.82, 2.24) is 20.1 Å². The number of nitrogens with zero attached hydrogens (tertiary/aromatic N) is 3. The maximum absolute atomic E-state index is 11.7. The van der Waals surface area contributed by atoms with Crippen molar-refractivity contribution >= 4 is 17.7 Å². The third-order valence-corrected chi connectivity index (χ3v) is 5.13. The van der Waals surface area contributed by atoms with Gasteiger partial charge in [0.05, 0.1) is 12.0 Å². The molecular formula is C21H26N4O2S. The number of aryl methyl sites for hydroxylation is 1. The van der Waals surface area contributed by atoms with Gasteiger partial charge in [-0.05, 0) is 63.4 Å². The van der Waals surface area contributed by atoms with E-state index in [2.05, 4.69) is 34.6 Å². The molecule has 0 radical (unpaired) electrons. The lowest BCUT2D eigenvalue weighted by molar-refractivity contribution is -0.121. The number of aromatic nitrogens is 3. The molecule has 1 aromatic carbocycles. The molecule has 0 aliphatic rings. The van der Waals surface area contributed by atoms with Crippen LogP contribution in [-0.4, -0.2) is 32.5 Å². The van der Waals surface area contributed by atoms with E-state index in [0.717, 1.165) is 29.4 Å². The second kappa shape index (κ2) is 9.59. The maximum atomic E-state index is 11.7. The molecule has 2 heterocycles. The summed E-state index contributed by atoms with van der Waals surface area (Å²) >= 11 is 1.65. The quantitative estimate of drug-likeness (QED) is 0.420. The monoisotopic (exact) mass is 398 g/mol. The Labute approximate surface area is 169 Å². The minimum Gasteiger partial charge on any atom is -0.461 e. The van der Waals surface area contributed by atoms with Gasteiger partial charge in [-0.1, -0.05) is 23.9 Å². The summed E-state index contributed by atoms with van der Waals surface area (Å²) in [5.74, 6) is 2.36. The molecule has 0 atom stereocenters. The zero-order chi connectivity index (χ0) is 19.9. The Balaban J connectivity index is 1.69. The first-order valence-corrected chi connectivity index (χ1v) is 10.5. The number of furan rings is 1. The summed E-state index contributed by atoms with van der Waals surface area (Å²) in [6.07, 6.45) is 3.99. The van der Waals surface area contributed by atoms with E-state index < -0.39 is 0 Å². The third kappa shape index (κ3) is 5.25. The van der Waals surface area contributed by atoms with Crippen LogP contribution in [0.25, 0.3) is 17.3 Å². The van der Waals surface area contributed by atoms with Crippen LogP contribution in [0.5, 0.6) is 0 Å². The van der Waals surface area contributed by atoms with Crippen LogP contribution in [0.15, 0.2) is 52.2 Å². The number of unbranched alkanes of at least 4 members (excludes halogenated alkanes) is 1. The summed E-state index contributed by atoms with van der Waals surface area (Å²) in [7, 11) is 0. The van der Waals surface area contributed by atoms with Crippen molar-refractivity contribution < 1.29 is 9.21 Å². The molecule has 0 bridgehead atoms. The average Bonchev–Trinajstić information content (AvgIpc) is 3.30. The minimum absolute atomic E-state index is 0.114. The molecule has 0 aliphatic carbocycles. The van der Waals surface area contributed by atoms with E-state index in [4.69, 9.17) is 4.42 Å². The maximum Gasteiger partial charge on any atom is 0.220 e. The number of nitrogens with one attached hydrogen (secondary N) is 1. The second-order valence-corrected chi connectivity index (χ2v) is 8.05. The first-order valence-electron chi connectivity index (χ1n) is 9.53.